The molecule has 1 fully saturated rings. The van der Waals surface area contributed by atoms with Gasteiger partial charge in [-0.3, -0.25) is 0 Å². The van der Waals surface area contributed by atoms with Crippen LogP contribution in [0.3, 0.4) is 0 Å². The summed E-state index contributed by atoms with van der Waals surface area (Å²) in [6, 6.07) is 16.1. The first-order chi connectivity index (χ1) is 15.5. The number of nitrogens with zero attached hydrogens (tertiary/aromatic N) is 2. The lowest BCUT2D eigenvalue weighted by atomic mass is 9.93. The van der Waals surface area contributed by atoms with Gasteiger partial charge in [0.15, 0.2) is 0 Å². The van der Waals surface area contributed by atoms with Crippen LogP contribution in [0.15, 0.2) is 54.6 Å². The van der Waals surface area contributed by atoms with Gasteiger partial charge >= 0.3 is 0 Å². The summed E-state index contributed by atoms with van der Waals surface area (Å²) in [6.45, 7) is 11.0. The van der Waals surface area contributed by atoms with Crippen LogP contribution in [-0.4, -0.2) is 27.2 Å². The molecule has 0 N–H and O–H groups in total. The fourth-order valence-electron chi connectivity index (χ4n) is 4.13. The molecule has 0 bridgehead atoms. The summed E-state index contributed by atoms with van der Waals surface area (Å²) < 4.78 is 0. The Bertz CT molecular complexity index is 947. The summed E-state index contributed by atoms with van der Waals surface area (Å²) in [6.07, 6.45) is 11.0. The number of allylic oxidation sites excluding steroid dienone is 4. The van der Waals surface area contributed by atoms with Gasteiger partial charge in [-0.05, 0) is 72.1 Å². The number of anilines is 2. The molecule has 0 spiro atoms. The van der Waals surface area contributed by atoms with Crippen LogP contribution in [-0.2, 0) is 0 Å². The van der Waals surface area contributed by atoms with Crippen molar-refractivity contribution in [3.8, 4) is 0 Å². The molecule has 0 atom stereocenters. The van der Waals surface area contributed by atoms with Crippen molar-refractivity contribution in [1.29, 1.82) is 0 Å². The van der Waals surface area contributed by atoms with E-state index in [1.807, 2.05) is 0 Å². The molecule has 0 aromatic heterocycles. The van der Waals surface area contributed by atoms with Crippen molar-refractivity contribution in [2.75, 3.05) is 37.0 Å². The highest BCUT2D eigenvalue weighted by Crippen LogP contribution is 2.41. The molecule has 4 rings (SSSR count). The lowest BCUT2D eigenvalue weighted by molar-refractivity contribution is 0.797. The molecular formula is C30H42N2. The van der Waals surface area contributed by atoms with Gasteiger partial charge in [0, 0.05) is 27.2 Å². The van der Waals surface area contributed by atoms with Crippen molar-refractivity contribution >= 4 is 22.5 Å². The summed E-state index contributed by atoms with van der Waals surface area (Å²) in [5.41, 5.74) is 9.50. The zero-order valence-electron chi connectivity index (χ0n) is 21.1. The highest BCUT2D eigenvalue weighted by atomic mass is 15.2. The lowest BCUT2D eigenvalue weighted by Gasteiger charge is -2.35. The van der Waals surface area contributed by atoms with Crippen molar-refractivity contribution in [3.05, 3.63) is 71.3 Å². The third-order valence-corrected chi connectivity index (χ3v) is 6.67. The van der Waals surface area contributed by atoms with Crippen molar-refractivity contribution in [2.45, 2.75) is 65.7 Å². The van der Waals surface area contributed by atoms with Gasteiger partial charge in [-0.2, -0.15) is 0 Å². The molecule has 172 valence electrons. The van der Waals surface area contributed by atoms with E-state index in [2.05, 4.69) is 106 Å². The third kappa shape index (κ3) is 5.85. The summed E-state index contributed by atoms with van der Waals surface area (Å²) >= 11 is 0. The number of likely N-dealkylation sites (N-methyl/N-ethyl adjacent to an activating group) is 2. The van der Waals surface area contributed by atoms with Gasteiger partial charge in [-0.1, -0.05) is 76.1 Å². The van der Waals surface area contributed by atoms with Crippen LogP contribution in [0, 0.1) is 0 Å². The maximum absolute atomic E-state index is 2.41. The number of hydrogen-bond acceptors (Lipinski definition) is 2. The van der Waals surface area contributed by atoms with E-state index >= 15 is 0 Å². The predicted octanol–water partition coefficient (Wildman–Crippen LogP) is 8.15. The largest absolute Gasteiger partial charge is 0.371 e. The molecule has 1 heterocycles. The first kappa shape index (κ1) is 24.2. The Morgan fingerprint density at radius 2 is 1.56 bits per heavy atom. The quantitative estimate of drug-likeness (QED) is 0.337. The van der Waals surface area contributed by atoms with Crippen molar-refractivity contribution in [1.82, 2.24) is 0 Å². The number of benzene rings is 2. The standard InChI is InChI=1S/C26H32N2.C4H10/c1-5-6-10-24(19(2)21-8-7-9-22(17-21)20-11-12-20)23-13-14-25-26(18-23)28(4)16-15-27(25)3;1-3-4-2/h6-10,13-14,17-18,20H,5,11-12,15-16H2,1-4H3;3-4H2,1-2H3/b10-6-,24-19-;. The second kappa shape index (κ2) is 11.4. The maximum Gasteiger partial charge on any atom is 0.0608 e. The Kier molecular flexibility index (Phi) is 8.61. The van der Waals surface area contributed by atoms with Crippen LogP contribution in [0.1, 0.15) is 82.4 Å². The fraction of sp³-hybridized carbons (Fsp3) is 0.467. The second-order valence-electron chi connectivity index (χ2n) is 9.30. The summed E-state index contributed by atoms with van der Waals surface area (Å²) in [5.74, 6) is 0.787. The molecule has 1 aliphatic carbocycles. The summed E-state index contributed by atoms with van der Waals surface area (Å²) in [7, 11) is 4.39. The minimum absolute atomic E-state index is 0.787. The summed E-state index contributed by atoms with van der Waals surface area (Å²) in [4.78, 5) is 4.74. The third-order valence-electron chi connectivity index (χ3n) is 6.67. The molecule has 2 aliphatic rings. The summed E-state index contributed by atoms with van der Waals surface area (Å²) in [5, 5.41) is 0. The molecule has 2 nitrogen and oxygen atoms in total. The van der Waals surface area contributed by atoms with Crippen LogP contribution >= 0.6 is 0 Å². The molecule has 1 aliphatic heterocycles. The molecule has 2 aromatic rings. The zero-order chi connectivity index (χ0) is 23.1. The highest BCUT2D eigenvalue weighted by Gasteiger charge is 2.24. The first-order valence-corrected chi connectivity index (χ1v) is 12.5. The van der Waals surface area contributed by atoms with Crippen LogP contribution in [0.2, 0.25) is 0 Å². The van der Waals surface area contributed by atoms with E-state index < -0.39 is 0 Å². The smallest absolute Gasteiger partial charge is 0.0608 e. The van der Waals surface area contributed by atoms with Crippen LogP contribution in [0.5, 0.6) is 0 Å². The van der Waals surface area contributed by atoms with E-state index in [1.165, 1.54) is 64.9 Å². The Morgan fingerprint density at radius 1 is 0.875 bits per heavy atom. The maximum atomic E-state index is 2.41. The molecule has 1 saturated carbocycles. The van der Waals surface area contributed by atoms with Crippen molar-refractivity contribution < 1.29 is 0 Å². The van der Waals surface area contributed by atoms with Crippen molar-refractivity contribution in [3.63, 3.8) is 0 Å². The van der Waals surface area contributed by atoms with E-state index in [0.717, 1.165) is 25.4 Å². The van der Waals surface area contributed by atoms with Gasteiger partial charge in [-0.15, -0.1) is 0 Å². The van der Waals surface area contributed by atoms with E-state index in [9.17, 15) is 0 Å². The molecular weight excluding hydrogens is 388 g/mol. The molecule has 0 unspecified atom stereocenters. The zero-order valence-corrected chi connectivity index (χ0v) is 21.1. The number of hydrogen-bond donors (Lipinski definition) is 0. The Hall–Kier alpha value is -2.48. The average molecular weight is 431 g/mol. The van der Waals surface area contributed by atoms with Crippen LogP contribution in [0.4, 0.5) is 11.4 Å². The van der Waals surface area contributed by atoms with Gasteiger partial charge < -0.3 is 9.80 Å². The predicted molar refractivity (Wildman–Crippen MR) is 144 cm³/mol. The fourth-order valence-corrected chi connectivity index (χ4v) is 4.13. The first-order valence-electron chi connectivity index (χ1n) is 12.5. The molecule has 2 heteroatoms. The number of unbranched alkanes of at least 4 members (excludes halogenated alkanes) is 1. The minimum Gasteiger partial charge on any atom is -0.371 e. The van der Waals surface area contributed by atoms with E-state index in [1.54, 1.807) is 0 Å². The molecule has 0 amide bonds. The Morgan fingerprint density at radius 3 is 2.19 bits per heavy atom. The van der Waals surface area contributed by atoms with Crippen LogP contribution < -0.4 is 9.80 Å². The lowest BCUT2D eigenvalue weighted by Crippen LogP contribution is -2.36. The second-order valence-corrected chi connectivity index (χ2v) is 9.30. The van der Waals surface area contributed by atoms with E-state index in [4.69, 9.17) is 0 Å². The Labute approximate surface area is 196 Å². The van der Waals surface area contributed by atoms with Crippen molar-refractivity contribution in [2.24, 2.45) is 0 Å². The van der Waals surface area contributed by atoms with E-state index in [-0.39, 0.29) is 0 Å². The molecule has 0 saturated heterocycles. The number of rotatable bonds is 6. The molecule has 0 radical (unpaired) electrons. The van der Waals surface area contributed by atoms with Gasteiger partial charge in [-0.25, -0.2) is 0 Å². The van der Waals surface area contributed by atoms with E-state index in [0.29, 0.717) is 0 Å². The average Bonchev–Trinajstić information content (AvgIpc) is 3.67. The molecule has 2 aromatic carbocycles. The normalized spacial score (nSPS) is 16.4. The SMILES string of the molecule is CC/C=C\C(=C(/C)c1cccc(C2CC2)c1)c1ccc2c(c1)N(C)CCN2C.CCCC. The highest BCUT2D eigenvalue weighted by molar-refractivity contribution is 5.96. The minimum atomic E-state index is 0.787. The monoisotopic (exact) mass is 430 g/mol. The topological polar surface area (TPSA) is 6.48 Å². The van der Waals surface area contributed by atoms with Gasteiger partial charge in [0.05, 0.1) is 11.4 Å². The van der Waals surface area contributed by atoms with Gasteiger partial charge in [0.25, 0.3) is 0 Å². The molecule has 32 heavy (non-hydrogen) atoms. The Balaban J connectivity index is 0.000000668. The van der Waals surface area contributed by atoms with Gasteiger partial charge in [0.2, 0.25) is 0 Å². The van der Waals surface area contributed by atoms with Gasteiger partial charge in [0.1, 0.15) is 0 Å². The number of fused-ring (bicyclic) bond motifs is 1. The van der Waals surface area contributed by atoms with Crippen LogP contribution in [0.25, 0.3) is 11.1 Å².